The molecule has 0 fully saturated rings. The number of rotatable bonds is 5. The molecular weight excluding hydrogens is 815 g/mol. The van der Waals surface area contributed by atoms with Gasteiger partial charge < -0.3 is 44.5 Å². The first kappa shape index (κ1) is 46.2. The maximum atomic E-state index is 14.7. The van der Waals surface area contributed by atoms with E-state index in [-0.39, 0.29) is 44.4 Å². The van der Waals surface area contributed by atoms with E-state index in [1.54, 1.807) is 52.8 Å². The van der Waals surface area contributed by atoms with E-state index in [2.05, 4.69) is 17.1 Å². The van der Waals surface area contributed by atoms with Crippen molar-refractivity contribution in [2.45, 2.75) is 98.9 Å². The Balaban J connectivity index is 1.60. The number of ether oxygens (including phenoxy) is 4. The summed E-state index contributed by atoms with van der Waals surface area (Å²) in [4.78, 5) is 62.5. The third kappa shape index (κ3) is 8.42. The minimum atomic E-state index is -2.00. The second-order valence-corrected chi connectivity index (χ2v) is 17.9. The van der Waals surface area contributed by atoms with E-state index >= 15 is 0 Å². The molecule has 14 nitrogen and oxygen atoms in total. The standard InChI is InChI=1S/C47H57N3O11S/c1-12-19-50(10)29-16-17-30-32(21-29)62-44-36(48-30)33-34-40(54)27(7)43-35(33)45(56)47(9,61-43)59-20-18-31(58-11)24(4)42(60-28(8)51)26(6)39(53)25(5)38(52)22(2)14-13-15-23(3)46(57)49-37(44)41(34)55/h13-18,20-22,24-26,31,38-39,42,52-53,55H,12,19H2,1-11H3,(H,49,57)/b14-13+,20-18+,23-15-/t22-,24+,25+,26+,31-,38-,39+,42+,47-/m0/s1. The van der Waals surface area contributed by atoms with E-state index in [0.29, 0.717) is 10.2 Å². The molecule has 332 valence electrons. The number of hydrogen-bond donors (Lipinski definition) is 4. The molecular formula is C47H57N3O11S. The fourth-order valence-corrected chi connectivity index (χ4v) is 9.61. The van der Waals surface area contributed by atoms with Gasteiger partial charge in [-0.1, -0.05) is 52.8 Å². The lowest BCUT2D eigenvalue weighted by molar-refractivity contribution is -0.160. The predicted molar refractivity (Wildman–Crippen MR) is 241 cm³/mol. The molecule has 2 aliphatic heterocycles. The number of anilines is 2. The van der Waals surface area contributed by atoms with Gasteiger partial charge in [-0.05, 0) is 44.5 Å². The third-order valence-electron chi connectivity index (χ3n) is 12.3. The maximum Gasteiger partial charge on any atom is 0.312 e. The number of fused-ring (bicyclic) bond motifs is 5. The Labute approximate surface area is 364 Å². The Kier molecular flexibility index (Phi) is 13.5. The number of nitrogens with one attached hydrogen (secondary N) is 1. The lowest BCUT2D eigenvalue weighted by Gasteiger charge is -2.38. The third-order valence-corrected chi connectivity index (χ3v) is 13.5. The average molecular weight is 872 g/mol. The maximum absolute atomic E-state index is 14.7. The second kappa shape index (κ2) is 18.2. The van der Waals surface area contributed by atoms with Crippen LogP contribution in [0.25, 0.3) is 31.2 Å². The summed E-state index contributed by atoms with van der Waals surface area (Å²) in [5.41, 5.74) is 1.26. The molecule has 5 bridgehead atoms. The molecule has 0 unspecified atom stereocenters. The number of methoxy groups -OCH3 is 1. The van der Waals surface area contributed by atoms with Crippen molar-refractivity contribution in [2.24, 2.45) is 23.7 Å². The number of Topliss-reactive ketones (excluding diaryl/α,β-unsaturated/α-hetero) is 1. The van der Waals surface area contributed by atoms with E-state index in [1.165, 1.54) is 51.6 Å². The number of aromatic hydroxyl groups is 1. The quantitative estimate of drug-likeness (QED) is 0.0676. The lowest BCUT2D eigenvalue weighted by Crippen LogP contribution is -2.46. The summed E-state index contributed by atoms with van der Waals surface area (Å²) in [6.07, 6.45) is 4.76. The Bertz CT molecular complexity index is 2580. The summed E-state index contributed by atoms with van der Waals surface area (Å²) in [6, 6.07) is 5.75. The topological polar surface area (TPSA) is 194 Å². The summed E-state index contributed by atoms with van der Waals surface area (Å²) in [7, 11) is 3.44. The number of aromatic nitrogens is 1. The largest absolute Gasteiger partial charge is 0.505 e. The van der Waals surface area contributed by atoms with Crippen LogP contribution in [0.3, 0.4) is 0 Å². The van der Waals surface area contributed by atoms with Gasteiger partial charge in [0, 0.05) is 80.4 Å². The van der Waals surface area contributed by atoms with Crippen LogP contribution in [0.4, 0.5) is 11.4 Å². The van der Waals surface area contributed by atoms with Gasteiger partial charge in [0.1, 0.15) is 17.5 Å². The Morgan fingerprint density at radius 2 is 1.74 bits per heavy atom. The molecule has 6 rings (SSSR count). The molecule has 1 aromatic heterocycles. The molecule has 62 heavy (non-hydrogen) atoms. The highest BCUT2D eigenvalue weighted by Crippen LogP contribution is 2.49. The first-order valence-corrected chi connectivity index (χ1v) is 21.7. The summed E-state index contributed by atoms with van der Waals surface area (Å²) in [5.74, 6) is -6.79. The van der Waals surface area contributed by atoms with Gasteiger partial charge in [0.2, 0.25) is 0 Å². The van der Waals surface area contributed by atoms with Crippen LogP contribution < -0.4 is 20.4 Å². The summed E-state index contributed by atoms with van der Waals surface area (Å²) in [6.45, 7) is 15.6. The van der Waals surface area contributed by atoms with Gasteiger partial charge in [-0.2, -0.15) is 0 Å². The number of esters is 1. The molecule has 0 radical (unpaired) electrons. The SMILES string of the molecule is CCCN(C)c1ccc2nc3c(sc2c1)c1c(O)c2c(=O)c(C)c4c(c23)C(=O)[C@@](C)(O/C=C/[C@H](OC)[C@@H](C)[C@@H](OC(C)=O)[C@H](C)[C@H](O)[C@H](C)[C@@H](O)[C@@H](C)/C=C/C=C(/C)C(=O)N1)O4. The monoisotopic (exact) mass is 871 g/mol. The molecule has 15 heteroatoms. The first-order valence-electron chi connectivity index (χ1n) is 20.9. The van der Waals surface area contributed by atoms with Crippen LogP contribution in [0, 0.1) is 30.6 Å². The van der Waals surface area contributed by atoms with Crippen molar-refractivity contribution in [2.75, 3.05) is 30.9 Å². The van der Waals surface area contributed by atoms with Crippen LogP contribution in [0.5, 0.6) is 11.5 Å². The van der Waals surface area contributed by atoms with Crippen LogP contribution in [0.1, 0.15) is 77.7 Å². The van der Waals surface area contributed by atoms with Crippen molar-refractivity contribution in [3.8, 4) is 11.5 Å². The number of allylic oxidation sites excluding steroid dienone is 2. The fourth-order valence-electron chi connectivity index (χ4n) is 8.50. The average Bonchev–Trinajstić information content (AvgIpc) is 3.50. The van der Waals surface area contributed by atoms with Crippen molar-refractivity contribution >= 4 is 71.6 Å². The zero-order valence-electron chi connectivity index (χ0n) is 37.1. The van der Waals surface area contributed by atoms with Crippen molar-refractivity contribution < 1.29 is 48.7 Å². The van der Waals surface area contributed by atoms with Gasteiger partial charge in [0.05, 0.1) is 56.0 Å². The molecule has 9 atom stereocenters. The van der Waals surface area contributed by atoms with Crippen LogP contribution in [0.15, 0.2) is 59.1 Å². The number of amides is 1. The zero-order valence-corrected chi connectivity index (χ0v) is 37.9. The molecule has 3 aromatic carbocycles. The molecule has 0 saturated carbocycles. The number of aliphatic hydroxyl groups is 2. The summed E-state index contributed by atoms with van der Waals surface area (Å²) < 4.78 is 25.0. The van der Waals surface area contributed by atoms with Crippen molar-refractivity contribution in [3.63, 3.8) is 0 Å². The highest BCUT2D eigenvalue weighted by atomic mass is 32.1. The van der Waals surface area contributed by atoms with Gasteiger partial charge in [-0.3, -0.25) is 19.2 Å². The molecule has 2 aliphatic rings. The van der Waals surface area contributed by atoms with Gasteiger partial charge in [0.25, 0.3) is 11.7 Å². The molecule has 3 heterocycles. The number of nitrogens with zero attached hydrogens (tertiary/aromatic N) is 2. The summed E-state index contributed by atoms with van der Waals surface area (Å²) in [5, 5.41) is 37.8. The molecule has 1 amide bonds. The Morgan fingerprint density at radius 3 is 2.40 bits per heavy atom. The molecule has 4 aromatic rings. The predicted octanol–water partition coefficient (Wildman–Crippen LogP) is 7.31. The van der Waals surface area contributed by atoms with Gasteiger partial charge in [0.15, 0.2) is 11.2 Å². The highest BCUT2D eigenvalue weighted by molar-refractivity contribution is 7.25. The van der Waals surface area contributed by atoms with E-state index in [0.717, 1.165) is 23.4 Å². The van der Waals surface area contributed by atoms with Crippen molar-refractivity contribution in [1.29, 1.82) is 0 Å². The normalized spacial score (nSPS) is 29.2. The van der Waals surface area contributed by atoms with Crippen LogP contribution in [-0.4, -0.2) is 88.9 Å². The Morgan fingerprint density at radius 1 is 1.03 bits per heavy atom. The smallest absolute Gasteiger partial charge is 0.312 e. The number of carbonyl (C=O) groups is 3. The molecule has 0 spiro atoms. The first-order chi connectivity index (χ1) is 29.3. The second-order valence-electron chi connectivity index (χ2n) is 16.8. The molecule has 4 N–H and O–H groups in total. The number of benzene rings is 3. The van der Waals surface area contributed by atoms with Crippen LogP contribution >= 0.6 is 11.3 Å². The van der Waals surface area contributed by atoms with E-state index in [9.17, 15) is 34.5 Å². The van der Waals surface area contributed by atoms with Gasteiger partial charge >= 0.3 is 11.8 Å². The number of phenols is 1. The molecule has 0 aliphatic carbocycles. The zero-order chi connectivity index (χ0) is 45.5. The van der Waals surface area contributed by atoms with Crippen molar-refractivity contribution in [3.05, 3.63) is 75.7 Å². The molecule has 0 saturated heterocycles. The van der Waals surface area contributed by atoms with Gasteiger partial charge in [-0.25, -0.2) is 4.98 Å². The van der Waals surface area contributed by atoms with E-state index in [1.807, 2.05) is 25.2 Å². The van der Waals surface area contributed by atoms with Crippen molar-refractivity contribution in [1.82, 2.24) is 4.98 Å². The minimum Gasteiger partial charge on any atom is -0.505 e. The van der Waals surface area contributed by atoms with E-state index < -0.39 is 82.7 Å². The van der Waals surface area contributed by atoms with Crippen LogP contribution in [0.2, 0.25) is 0 Å². The number of aliphatic hydroxyl groups excluding tert-OH is 2. The van der Waals surface area contributed by atoms with E-state index in [4.69, 9.17) is 23.9 Å². The van der Waals surface area contributed by atoms with Gasteiger partial charge in [-0.15, -0.1) is 11.3 Å². The fraction of sp³-hybridized carbons (Fsp3) is 0.468. The lowest BCUT2D eigenvalue weighted by atomic mass is 9.78. The minimum absolute atomic E-state index is 0.0139. The number of hydrogen-bond acceptors (Lipinski definition) is 14. The van der Waals surface area contributed by atoms with Crippen LogP contribution in [-0.2, 0) is 23.8 Å². The Hall–Kier alpha value is -5.35. The number of carbonyl (C=O) groups excluding carboxylic acids is 3. The number of phenolic OH excluding ortho intramolecular Hbond substituents is 1. The number of ketones is 1. The summed E-state index contributed by atoms with van der Waals surface area (Å²) >= 11 is 1.24. The highest BCUT2D eigenvalue weighted by Gasteiger charge is 2.49.